The van der Waals surface area contributed by atoms with Gasteiger partial charge in [-0.3, -0.25) is 0 Å². The van der Waals surface area contributed by atoms with Gasteiger partial charge in [0, 0.05) is 5.92 Å². The maximum atomic E-state index is 9.61. The van der Waals surface area contributed by atoms with E-state index >= 15 is 0 Å². The maximum Gasteiger partial charge on any atom is 0.179 e. The van der Waals surface area contributed by atoms with Crippen molar-refractivity contribution >= 4 is 0 Å². The second-order valence-corrected chi connectivity index (χ2v) is 5.21. The van der Waals surface area contributed by atoms with Crippen LogP contribution < -0.4 is 0 Å². The van der Waals surface area contributed by atoms with Gasteiger partial charge in [0.15, 0.2) is 5.41 Å². The molecule has 2 aliphatic heterocycles. The van der Waals surface area contributed by atoms with Gasteiger partial charge in [-0.25, -0.2) is 0 Å². The van der Waals surface area contributed by atoms with Crippen LogP contribution >= 0.6 is 0 Å². The number of benzene rings is 1. The fourth-order valence-electron chi connectivity index (χ4n) is 3.23. The molecule has 3 heteroatoms. The minimum atomic E-state index is -1.08. The Kier molecular flexibility index (Phi) is 2.66. The average molecular weight is 250 g/mol. The first kappa shape index (κ1) is 12.0. The molecule has 3 atom stereocenters. The molecule has 94 valence electrons. The molecule has 1 aromatic carbocycles. The molecule has 1 unspecified atom stereocenters. The van der Waals surface area contributed by atoms with Crippen LogP contribution in [0.25, 0.3) is 0 Å². The number of nitrogens with zero attached hydrogens (tertiary/aromatic N) is 2. The largest absolute Gasteiger partial charge is 0.367 e. The molecule has 0 saturated carbocycles. The molecule has 19 heavy (non-hydrogen) atoms. The van der Waals surface area contributed by atoms with E-state index in [-0.39, 0.29) is 18.1 Å². The quantitative estimate of drug-likeness (QED) is 0.720. The van der Waals surface area contributed by atoms with Gasteiger partial charge < -0.3 is 4.74 Å². The number of hydrogen-bond donors (Lipinski definition) is 0. The Labute approximate surface area is 112 Å². The molecule has 0 aromatic heterocycles. The Balaban J connectivity index is 2.17. The molecule has 1 fully saturated rings. The number of hydrogen-bond acceptors (Lipinski definition) is 3. The molecular weight excluding hydrogens is 236 g/mol. The van der Waals surface area contributed by atoms with Crippen molar-refractivity contribution in [3.05, 3.63) is 47.5 Å². The van der Waals surface area contributed by atoms with Gasteiger partial charge in [0.25, 0.3) is 0 Å². The predicted molar refractivity (Wildman–Crippen MR) is 69.9 cm³/mol. The first-order chi connectivity index (χ1) is 9.23. The van der Waals surface area contributed by atoms with Crippen molar-refractivity contribution in [2.45, 2.75) is 31.5 Å². The van der Waals surface area contributed by atoms with E-state index in [1.54, 1.807) is 0 Å². The summed E-state index contributed by atoms with van der Waals surface area (Å²) in [5.41, 5.74) is 1.05. The lowest BCUT2D eigenvalue weighted by molar-refractivity contribution is 0.0400. The highest BCUT2D eigenvalue weighted by atomic mass is 16.5. The normalized spacial score (nSPS) is 31.1. The van der Waals surface area contributed by atoms with Crippen LogP contribution in [0.4, 0.5) is 0 Å². The summed E-state index contributed by atoms with van der Waals surface area (Å²) in [7, 11) is 0. The Morgan fingerprint density at radius 1 is 1.21 bits per heavy atom. The molecule has 3 nitrogen and oxygen atoms in total. The number of ether oxygens (including phenoxy) is 1. The van der Waals surface area contributed by atoms with Crippen LogP contribution in [0, 0.1) is 28.1 Å². The maximum absolute atomic E-state index is 9.61. The van der Waals surface area contributed by atoms with Crippen LogP contribution in [0.2, 0.25) is 0 Å². The molecule has 2 bridgehead atoms. The second kappa shape index (κ2) is 4.23. The minimum absolute atomic E-state index is 0.152. The Bertz CT molecular complexity index is 592. The van der Waals surface area contributed by atoms with Crippen LogP contribution in [0.1, 0.15) is 24.8 Å². The van der Waals surface area contributed by atoms with Gasteiger partial charge in [0.1, 0.15) is 0 Å². The first-order valence-electron chi connectivity index (χ1n) is 6.42. The molecule has 0 amide bonds. The third-order valence-corrected chi connectivity index (χ3v) is 4.24. The summed E-state index contributed by atoms with van der Waals surface area (Å²) in [5, 5.41) is 19.2. The molecule has 1 aromatic rings. The minimum Gasteiger partial charge on any atom is -0.367 e. The van der Waals surface area contributed by atoms with Gasteiger partial charge in [0.2, 0.25) is 0 Å². The van der Waals surface area contributed by atoms with Crippen molar-refractivity contribution in [3.8, 4) is 12.1 Å². The molecule has 0 aliphatic carbocycles. The molecule has 1 saturated heterocycles. The lowest BCUT2D eigenvalue weighted by Gasteiger charge is -2.24. The Morgan fingerprint density at radius 3 is 2.53 bits per heavy atom. The molecule has 0 radical (unpaired) electrons. The molecule has 2 heterocycles. The van der Waals surface area contributed by atoms with E-state index in [4.69, 9.17) is 4.74 Å². The van der Waals surface area contributed by atoms with Gasteiger partial charge in [0.05, 0.1) is 24.3 Å². The lowest BCUT2D eigenvalue weighted by Crippen LogP contribution is -2.32. The third kappa shape index (κ3) is 1.52. The van der Waals surface area contributed by atoms with Crippen molar-refractivity contribution in [2.24, 2.45) is 5.41 Å². The summed E-state index contributed by atoms with van der Waals surface area (Å²) in [6.07, 6.45) is 2.28. The first-order valence-corrected chi connectivity index (χ1v) is 6.42. The topological polar surface area (TPSA) is 56.8 Å². The fourth-order valence-corrected chi connectivity index (χ4v) is 3.23. The van der Waals surface area contributed by atoms with E-state index in [1.165, 1.54) is 0 Å². The number of nitriles is 2. The monoisotopic (exact) mass is 250 g/mol. The van der Waals surface area contributed by atoms with Crippen molar-refractivity contribution in [1.82, 2.24) is 0 Å². The lowest BCUT2D eigenvalue weighted by atomic mass is 9.70. The highest BCUT2D eigenvalue weighted by Gasteiger charge is 2.59. The van der Waals surface area contributed by atoms with Crippen LogP contribution in [0.15, 0.2) is 42.0 Å². The molecule has 0 spiro atoms. The van der Waals surface area contributed by atoms with E-state index < -0.39 is 5.41 Å². The number of rotatable bonds is 1. The predicted octanol–water partition coefficient (Wildman–Crippen LogP) is 2.92. The van der Waals surface area contributed by atoms with Gasteiger partial charge in [-0.2, -0.15) is 10.5 Å². The standard InChI is InChI=1S/C16H14N2O/c1-11-7-8-13-16(9-17,10-18)14(15(11)19-13)12-5-3-2-4-6-12/h2-7,13-15H,8H2,1H3/t13-,14?,15+/m1/s1. The Morgan fingerprint density at radius 2 is 1.89 bits per heavy atom. The van der Waals surface area contributed by atoms with Gasteiger partial charge in [-0.1, -0.05) is 36.4 Å². The summed E-state index contributed by atoms with van der Waals surface area (Å²) in [6.45, 7) is 2.02. The van der Waals surface area contributed by atoms with E-state index in [2.05, 4.69) is 18.2 Å². The smallest absolute Gasteiger partial charge is 0.179 e. The summed E-state index contributed by atoms with van der Waals surface area (Å²) in [5.74, 6) is -0.201. The molecule has 0 N–H and O–H groups in total. The molecule has 3 rings (SSSR count). The van der Waals surface area contributed by atoms with Crippen molar-refractivity contribution in [3.63, 3.8) is 0 Å². The van der Waals surface area contributed by atoms with Gasteiger partial charge in [-0.05, 0) is 24.5 Å². The fraction of sp³-hybridized carbons (Fsp3) is 0.375. The summed E-state index contributed by atoms with van der Waals surface area (Å²) < 4.78 is 5.96. The third-order valence-electron chi connectivity index (χ3n) is 4.24. The Hall–Kier alpha value is -2.10. The van der Waals surface area contributed by atoms with Crippen molar-refractivity contribution in [1.29, 1.82) is 10.5 Å². The zero-order chi connectivity index (χ0) is 13.5. The summed E-state index contributed by atoms with van der Waals surface area (Å²) in [6, 6.07) is 14.3. The van der Waals surface area contributed by atoms with Gasteiger partial charge in [-0.15, -0.1) is 0 Å². The zero-order valence-corrected chi connectivity index (χ0v) is 10.7. The highest BCUT2D eigenvalue weighted by Crippen LogP contribution is 2.54. The SMILES string of the molecule is CC1=CC[C@H]2O[C@@H]1C(c1ccccc1)C2(C#N)C#N. The summed E-state index contributed by atoms with van der Waals surface area (Å²) in [4.78, 5) is 0. The van der Waals surface area contributed by atoms with Crippen LogP contribution in [-0.4, -0.2) is 12.2 Å². The zero-order valence-electron chi connectivity index (χ0n) is 10.7. The average Bonchev–Trinajstić information content (AvgIpc) is 2.74. The summed E-state index contributed by atoms with van der Waals surface area (Å²) >= 11 is 0. The van der Waals surface area contributed by atoms with Crippen LogP contribution in [-0.2, 0) is 4.74 Å². The van der Waals surface area contributed by atoms with E-state index in [0.29, 0.717) is 6.42 Å². The van der Waals surface area contributed by atoms with Crippen LogP contribution in [0.3, 0.4) is 0 Å². The van der Waals surface area contributed by atoms with Crippen LogP contribution in [0.5, 0.6) is 0 Å². The van der Waals surface area contributed by atoms with E-state index in [0.717, 1.165) is 11.1 Å². The molecular formula is C16H14N2O. The van der Waals surface area contributed by atoms with Crippen molar-refractivity contribution < 1.29 is 4.74 Å². The van der Waals surface area contributed by atoms with Crippen molar-refractivity contribution in [2.75, 3.05) is 0 Å². The number of fused-ring (bicyclic) bond motifs is 2. The second-order valence-electron chi connectivity index (χ2n) is 5.21. The van der Waals surface area contributed by atoms with Gasteiger partial charge >= 0.3 is 0 Å². The molecule has 2 aliphatic rings. The van der Waals surface area contributed by atoms with E-state index in [1.807, 2.05) is 37.3 Å². The highest BCUT2D eigenvalue weighted by molar-refractivity contribution is 5.41. The van der Waals surface area contributed by atoms with E-state index in [9.17, 15) is 10.5 Å².